The fraction of sp³-hybridized carbons (Fsp3) is 0.684. The Bertz CT molecular complexity index is 386. The molecule has 0 heterocycles. The van der Waals surface area contributed by atoms with E-state index in [0.29, 0.717) is 12.1 Å². The average molecular weight is 288 g/mol. The van der Waals surface area contributed by atoms with E-state index in [0.717, 1.165) is 12.5 Å². The maximum atomic E-state index is 3.74. The zero-order chi connectivity index (χ0) is 15.1. The van der Waals surface area contributed by atoms with Gasteiger partial charge in [0.15, 0.2) is 0 Å². The summed E-state index contributed by atoms with van der Waals surface area (Å²) in [5, 5.41) is 3.74. The summed E-state index contributed by atoms with van der Waals surface area (Å²) in [5.41, 5.74) is 1.43. The predicted molar refractivity (Wildman–Crippen MR) is 91.5 cm³/mol. The van der Waals surface area contributed by atoms with Gasteiger partial charge in [-0.05, 0) is 50.3 Å². The molecule has 0 saturated heterocycles. The number of likely N-dealkylation sites (N-methyl/N-ethyl adjacent to an activating group) is 1. The van der Waals surface area contributed by atoms with Gasteiger partial charge in [0.2, 0.25) is 0 Å². The Morgan fingerprint density at radius 1 is 1.14 bits per heavy atom. The SMILES string of the molecule is CCCN(CC1CC1)C(CC)C(NCC)c1ccccc1. The van der Waals surface area contributed by atoms with E-state index in [2.05, 4.69) is 61.3 Å². The second kappa shape index (κ2) is 8.55. The lowest BCUT2D eigenvalue weighted by Crippen LogP contribution is -2.45. The largest absolute Gasteiger partial charge is 0.309 e. The molecule has 1 aromatic carbocycles. The number of nitrogens with zero attached hydrogens (tertiary/aromatic N) is 1. The Balaban J connectivity index is 2.15. The summed E-state index contributed by atoms with van der Waals surface area (Å²) in [6.07, 6.45) is 5.33. The molecule has 0 amide bonds. The Kier molecular flexibility index (Phi) is 6.72. The second-order valence-electron chi connectivity index (χ2n) is 6.36. The van der Waals surface area contributed by atoms with Gasteiger partial charge in [-0.25, -0.2) is 0 Å². The van der Waals surface area contributed by atoms with Crippen LogP contribution in [0.5, 0.6) is 0 Å². The number of hydrogen-bond acceptors (Lipinski definition) is 2. The van der Waals surface area contributed by atoms with E-state index in [1.165, 1.54) is 44.3 Å². The summed E-state index contributed by atoms with van der Waals surface area (Å²) < 4.78 is 0. The quantitative estimate of drug-likeness (QED) is 0.693. The third kappa shape index (κ3) is 4.82. The first kappa shape index (κ1) is 16.5. The van der Waals surface area contributed by atoms with Crippen LogP contribution in [0.15, 0.2) is 30.3 Å². The minimum Gasteiger partial charge on any atom is -0.309 e. The highest BCUT2D eigenvalue weighted by molar-refractivity contribution is 5.20. The molecule has 1 aliphatic carbocycles. The molecule has 2 unspecified atom stereocenters. The van der Waals surface area contributed by atoms with Crippen LogP contribution in [-0.2, 0) is 0 Å². The van der Waals surface area contributed by atoms with Crippen LogP contribution in [0.2, 0.25) is 0 Å². The normalized spacial score (nSPS) is 17.9. The fourth-order valence-corrected chi connectivity index (χ4v) is 3.37. The molecular formula is C19H32N2. The Morgan fingerprint density at radius 3 is 2.38 bits per heavy atom. The first-order chi connectivity index (χ1) is 10.3. The van der Waals surface area contributed by atoms with Gasteiger partial charge in [0.05, 0.1) is 0 Å². The Hall–Kier alpha value is -0.860. The van der Waals surface area contributed by atoms with Gasteiger partial charge in [-0.3, -0.25) is 4.90 Å². The van der Waals surface area contributed by atoms with Crippen molar-refractivity contribution < 1.29 is 0 Å². The first-order valence-corrected chi connectivity index (χ1v) is 8.82. The van der Waals surface area contributed by atoms with Crippen molar-refractivity contribution in [3.05, 3.63) is 35.9 Å². The van der Waals surface area contributed by atoms with E-state index in [-0.39, 0.29) is 0 Å². The van der Waals surface area contributed by atoms with Crippen LogP contribution in [0.25, 0.3) is 0 Å². The van der Waals surface area contributed by atoms with E-state index in [9.17, 15) is 0 Å². The van der Waals surface area contributed by atoms with Crippen molar-refractivity contribution in [2.45, 2.75) is 58.5 Å². The van der Waals surface area contributed by atoms with Crippen LogP contribution in [0.4, 0.5) is 0 Å². The van der Waals surface area contributed by atoms with Crippen LogP contribution < -0.4 is 5.32 Å². The van der Waals surface area contributed by atoms with Crippen LogP contribution in [0.1, 0.15) is 58.1 Å². The highest BCUT2D eigenvalue weighted by Crippen LogP contribution is 2.33. The van der Waals surface area contributed by atoms with Gasteiger partial charge in [0.25, 0.3) is 0 Å². The lowest BCUT2D eigenvalue weighted by molar-refractivity contribution is 0.145. The van der Waals surface area contributed by atoms with Crippen molar-refractivity contribution >= 4 is 0 Å². The number of benzene rings is 1. The molecule has 1 aliphatic rings. The zero-order valence-corrected chi connectivity index (χ0v) is 14.0. The van der Waals surface area contributed by atoms with Gasteiger partial charge in [0.1, 0.15) is 0 Å². The fourth-order valence-electron chi connectivity index (χ4n) is 3.37. The number of hydrogen-bond donors (Lipinski definition) is 1. The van der Waals surface area contributed by atoms with Crippen molar-refractivity contribution in [1.82, 2.24) is 10.2 Å². The van der Waals surface area contributed by atoms with E-state index in [1.807, 2.05) is 0 Å². The molecule has 0 radical (unpaired) electrons. The summed E-state index contributed by atoms with van der Waals surface area (Å²) in [6, 6.07) is 12.0. The minimum absolute atomic E-state index is 0.450. The average Bonchev–Trinajstić information content (AvgIpc) is 3.32. The Morgan fingerprint density at radius 2 is 1.86 bits per heavy atom. The van der Waals surface area contributed by atoms with Gasteiger partial charge in [0, 0.05) is 18.6 Å². The van der Waals surface area contributed by atoms with E-state index in [1.54, 1.807) is 0 Å². The van der Waals surface area contributed by atoms with Gasteiger partial charge < -0.3 is 5.32 Å². The van der Waals surface area contributed by atoms with Crippen LogP contribution in [-0.4, -0.2) is 30.6 Å². The molecule has 2 heteroatoms. The van der Waals surface area contributed by atoms with Crippen molar-refractivity contribution in [3.63, 3.8) is 0 Å². The van der Waals surface area contributed by atoms with Crippen molar-refractivity contribution in [2.75, 3.05) is 19.6 Å². The number of nitrogens with one attached hydrogen (secondary N) is 1. The molecule has 2 atom stereocenters. The summed E-state index contributed by atoms with van der Waals surface area (Å²) >= 11 is 0. The van der Waals surface area contributed by atoms with Gasteiger partial charge >= 0.3 is 0 Å². The predicted octanol–water partition coefficient (Wildman–Crippen LogP) is 4.24. The van der Waals surface area contributed by atoms with Crippen LogP contribution >= 0.6 is 0 Å². The number of rotatable bonds is 10. The van der Waals surface area contributed by atoms with E-state index < -0.39 is 0 Å². The van der Waals surface area contributed by atoms with Crippen molar-refractivity contribution in [1.29, 1.82) is 0 Å². The molecule has 0 aliphatic heterocycles. The topological polar surface area (TPSA) is 15.3 Å². The molecule has 1 fully saturated rings. The van der Waals surface area contributed by atoms with Gasteiger partial charge in [-0.15, -0.1) is 0 Å². The zero-order valence-electron chi connectivity index (χ0n) is 14.0. The smallest absolute Gasteiger partial charge is 0.0477 e. The summed E-state index contributed by atoms with van der Waals surface area (Å²) in [6.45, 7) is 10.4. The molecule has 1 N–H and O–H groups in total. The molecule has 1 saturated carbocycles. The van der Waals surface area contributed by atoms with Crippen LogP contribution in [0, 0.1) is 5.92 Å². The third-order valence-corrected chi connectivity index (χ3v) is 4.56. The van der Waals surface area contributed by atoms with Crippen LogP contribution in [0.3, 0.4) is 0 Å². The molecule has 21 heavy (non-hydrogen) atoms. The molecule has 0 bridgehead atoms. The summed E-state index contributed by atoms with van der Waals surface area (Å²) in [5.74, 6) is 0.962. The minimum atomic E-state index is 0.450. The van der Waals surface area contributed by atoms with E-state index in [4.69, 9.17) is 0 Å². The summed E-state index contributed by atoms with van der Waals surface area (Å²) in [4.78, 5) is 2.75. The molecule has 2 rings (SSSR count). The third-order valence-electron chi connectivity index (χ3n) is 4.56. The van der Waals surface area contributed by atoms with E-state index >= 15 is 0 Å². The highest BCUT2D eigenvalue weighted by atomic mass is 15.2. The first-order valence-electron chi connectivity index (χ1n) is 8.82. The molecule has 118 valence electrons. The van der Waals surface area contributed by atoms with Gasteiger partial charge in [-0.1, -0.05) is 51.1 Å². The highest BCUT2D eigenvalue weighted by Gasteiger charge is 2.31. The molecule has 0 aromatic heterocycles. The monoisotopic (exact) mass is 288 g/mol. The standard InChI is InChI=1S/C19H32N2/c1-4-14-21(15-16-12-13-16)18(5-2)19(20-6-3)17-10-8-7-9-11-17/h7-11,16,18-20H,4-6,12-15H2,1-3H3. The maximum absolute atomic E-state index is 3.74. The van der Waals surface area contributed by atoms with Gasteiger partial charge in [-0.2, -0.15) is 0 Å². The maximum Gasteiger partial charge on any atom is 0.0477 e. The lowest BCUT2D eigenvalue weighted by atomic mass is 9.95. The molecule has 2 nitrogen and oxygen atoms in total. The Labute approximate surface area is 130 Å². The summed E-state index contributed by atoms with van der Waals surface area (Å²) in [7, 11) is 0. The van der Waals surface area contributed by atoms with Crippen molar-refractivity contribution in [2.24, 2.45) is 5.92 Å². The molecule has 0 spiro atoms. The lowest BCUT2D eigenvalue weighted by Gasteiger charge is -2.37. The van der Waals surface area contributed by atoms with Crippen molar-refractivity contribution in [3.8, 4) is 0 Å². The molecular weight excluding hydrogens is 256 g/mol. The molecule has 1 aromatic rings. The second-order valence-corrected chi connectivity index (χ2v) is 6.36.